The first-order valence-electron chi connectivity index (χ1n) is 18.6. The average molecular weight is 745 g/mol. The molecule has 1 unspecified atom stereocenters. The highest BCUT2D eigenvalue weighted by molar-refractivity contribution is 7.92. The summed E-state index contributed by atoms with van der Waals surface area (Å²) in [5.74, 6) is 1.51. The van der Waals surface area contributed by atoms with Crippen LogP contribution < -0.4 is 14.4 Å². The van der Waals surface area contributed by atoms with Crippen molar-refractivity contribution in [1.82, 2.24) is 9.29 Å². The number of halogens is 1. The van der Waals surface area contributed by atoms with Crippen molar-refractivity contribution in [1.29, 1.82) is 0 Å². The molecule has 2 saturated carbocycles. The van der Waals surface area contributed by atoms with Crippen molar-refractivity contribution in [3.8, 4) is 5.75 Å². The van der Waals surface area contributed by atoms with E-state index in [1.54, 1.807) is 25.4 Å². The first kappa shape index (κ1) is 34.1. The number of methoxy groups -OCH3 is 1. The number of carbonyl (C=O) groups excluding carboxylic acids is 2. The summed E-state index contributed by atoms with van der Waals surface area (Å²) < 4.78 is 41.7. The second-order valence-corrected chi connectivity index (χ2v) is 18.1. The number of fused-ring (bicyclic) bond motifs is 7. The summed E-state index contributed by atoms with van der Waals surface area (Å²) in [4.78, 5) is 29.9. The van der Waals surface area contributed by atoms with Crippen molar-refractivity contribution in [3.05, 3.63) is 93.8 Å². The fraction of sp³-hybridized carbons (Fsp3) is 0.500. The van der Waals surface area contributed by atoms with Gasteiger partial charge in [0.25, 0.3) is 11.8 Å². The van der Waals surface area contributed by atoms with E-state index in [-0.39, 0.29) is 17.3 Å². The minimum atomic E-state index is -3.48. The van der Waals surface area contributed by atoms with Gasteiger partial charge in [-0.25, -0.2) is 4.21 Å². The number of allylic oxidation sites excluding steroid dienone is 1. The Balaban J connectivity index is 1.09. The van der Waals surface area contributed by atoms with Crippen molar-refractivity contribution >= 4 is 39.0 Å². The third kappa shape index (κ3) is 6.27. The van der Waals surface area contributed by atoms with E-state index >= 15 is 0 Å². The van der Waals surface area contributed by atoms with Gasteiger partial charge in [-0.3, -0.25) is 14.3 Å². The topological polar surface area (TPSA) is 111 Å². The number of hydrogen-bond acceptors (Lipinski definition) is 7. The molecule has 2 bridgehead atoms. The zero-order valence-electron chi connectivity index (χ0n) is 29.4. The molecule has 12 heteroatoms. The molecule has 52 heavy (non-hydrogen) atoms. The Kier molecular flexibility index (Phi) is 8.76. The van der Waals surface area contributed by atoms with Gasteiger partial charge in [0.2, 0.25) is 0 Å². The molecule has 4 heterocycles. The highest BCUT2D eigenvalue weighted by Crippen LogP contribution is 2.61. The van der Waals surface area contributed by atoms with Gasteiger partial charge in [-0.1, -0.05) is 29.8 Å². The summed E-state index contributed by atoms with van der Waals surface area (Å²) in [6, 6.07) is 13.5. The third-order valence-electron chi connectivity index (χ3n) is 12.3. The smallest absolute Gasteiger partial charge is 0.286 e. The number of nitrogens with one attached hydrogen (secondary N) is 1. The van der Waals surface area contributed by atoms with Crippen LogP contribution in [0.15, 0.2) is 65.2 Å². The predicted octanol–water partition coefficient (Wildman–Crippen LogP) is 6.66. The molecular weight excluding hydrogens is 700 g/mol. The molecule has 7 atom stereocenters. The lowest BCUT2D eigenvalue weighted by atomic mass is 9.68. The molecule has 3 aliphatic heterocycles. The molecule has 2 amide bonds. The molecule has 2 aromatic carbocycles. The van der Waals surface area contributed by atoms with Gasteiger partial charge >= 0.3 is 0 Å². The molecule has 9 rings (SSSR count). The highest BCUT2D eigenvalue weighted by Gasteiger charge is 2.54. The maximum Gasteiger partial charge on any atom is 0.286 e. The Morgan fingerprint density at radius 3 is 2.88 bits per heavy atom. The Hall–Kier alpha value is -3.64. The molecule has 10 nitrogen and oxygen atoms in total. The summed E-state index contributed by atoms with van der Waals surface area (Å²) >= 11 is 6.54. The van der Waals surface area contributed by atoms with Gasteiger partial charge in [0.15, 0.2) is 0 Å². The van der Waals surface area contributed by atoms with Crippen molar-refractivity contribution in [2.45, 2.75) is 69.1 Å². The molecule has 2 fully saturated rings. The van der Waals surface area contributed by atoms with Crippen LogP contribution in [0, 0.1) is 17.8 Å². The molecule has 1 N–H and O–H groups in total. The lowest BCUT2D eigenvalue weighted by Crippen LogP contribution is -2.49. The zero-order chi connectivity index (χ0) is 35.6. The lowest BCUT2D eigenvalue weighted by molar-refractivity contribution is 0.0131. The van der Waals surface area contributed by atoms with Gasteiger partial charge in [0, 0.05) is 54.6 Å². The van der Waals surface area contributed by atoms with Gasteiger partial charge < -0.3 is 23.7 Å². The second kappa shape index (κ2) is 13.3. The van der Waals surface area contributed by atoms with Crippen LogP contribution >= 0.6 is 11.6 Å². The largest absolute Gasteiger partial charge is 0.490 e. The first-order chi connectivity index (χ1) is 25.2. The van der Waals surface area contributed by atoms with Crippen LogP contribution in [0.2, 0.25) is 5.02 Å². The van der Waals surface area contributed by atoms with Crippen LogP contribution in [0.5, 0.6) is 5.75 Å². The van der Waals surface area contributed by atoms with Gasteiger partial charge in [-0.15, -0.1) is 4.36 Å². The van der Waals surface area contributed by atoms with E-state index < -0.39 is 21.7 Å². The predicted molar refractivity (Wildman–Crippen MR) is 199 cm³/mol. The van der Waals surface area contributed by atoms with E-state index in [1.807, 2.05) is 22.8 Å². The van der Waals surface area contributed by atoms with E-state index in [0.717, 1.165) is 54.5 Å². The number of nitrogens with zero attached hydrogens (tertiary/aromatic N) is 3. The maximum atomic E-state index is 14.5. The van der Waals surface area contributed by atoms with Gasteiger partial charge in [-0.05, 0) is 110 Å². The SMILES string of the molecule is CO[C@H]1/C=C/CCCS(=O)(NC(=O)c2cc3n(c2)CCOC3)=NC(=O)c2ccc3c(c2)N(C[C@@H]2CC[C@H]21)C[C@]1(CO3)C[C@@H]2C[C@@H]2c2cc(Cl)ccc21. The minimum Gasteiger partial charge on any atom is -0.490 e. The number of aromatic nitrogens is 1. The standard InChI is InChI=1S/C40H45ClN4O6S/c1-49-36-5-3-2-4-14-52(48,43-39(47)28-15-30-22-50-13-12-44(30)21-28)42-38(46)25-7-11-37-35(17-25)45(20-26-6-9-31(26)36)23-40(24-51-37)19-27-16-32(27)33-18-29(41)8-10-34(33)40/h3,5,7-8,10-11,15,17-18,21,26-27,31-32,36H,2,4,6,9,12-14,16,19-20,22-24H2,1H3,(H,42,43,46,47,48)/b5-3+/t26-,27-,31+,32-,36-,40-,52?/m0/s1. The molecule has 1 spiro atoms. The number of benzene rings is 2. The van der Waals surface area contributed by atoms with Crippen LogP contribution in [-0.2, 0) is 38.0 Å². The van der Waals surface area contributed by atoms with E-state index in [9.17, 15) is 13.8 Å². The summed E-state index contributed by atoms with van der Waals surface area (Å²) in [6.07, 6.45) is 11.4. The van der Waals surface area contributed by atoms with Crippen LogP contribution in [0.25, 0.3) is 0 Å². The number of amides is 2. The lowest BCUT2D eigenvalue weighted by Gasteiger charge is -2.46. The van der Waals surface area contributed by atoms with E-state index in [4.69, 9.17) is 25.8 Å². The highest BCUT2D eigenvalue weighted by atomic mass is 35.5. The Labute approximate surface area is 310 Å². The zero-order valence-corrected chi connectivity index (χ0v) is 31.0. The Bertz CT molecular complexity index is 2070. The van der Waals surface area contributed by atoms with Crippen molar-refractivity contribution in [2.75, 3.05) is 44.1 Å². The molecular formula is C40H45ClN4O6S. The minimum absolute atomic E-state index is 0.0312. The molecule has 6 aliphatic rings. The summed E-state index contributed by atoms with van der Waals surface area (Å²) in [6.45, 7) is 3.67. The van der Waals surface area contributed by atoms with Crippen molar-refractivity contribution in [3.63, 3.8) is 0 Å². The summed E-state index contributed by atoms with van der Waals surface area (Å²) in [5, 5.41) is 0.766. The van der Waals surface area contributed by atoms with E-state index in [2.05, 4.69) is 38.3 Å². The number of hydrogen-bond donors (Lipinski definition) is 1. The van der Waals surface area contributed by atoms with Crippen molar-refractivity contribution in [2.24, 2.45) is 22.1 Å². The molecule has 0 saturated heterocycles. The Morgan fingerprint density at radius 2 is 2.06 bits per heavy atom. The van der Waals surface area contributed by atoms with E-state index in [1.165, 1.54) is 17.5 Å². The number of carbonyl (C=O) groups is 2. The van der Waals surface area contributed by atoms with Crippen LogP contribution in [-0.4, -0.2) is 65.9 Å². The molecule has 0 radical (unpaired) electrons. The van der Waals surface area contributed by atoms with Crippen molar-refractivity contribution < 1.29 is 28.0 Å². The first-order valence-corrected chi connectivity index (χ1v) is 20.7. The summed E-state index contributed by atoms with van der Waals surface area (Å²) in [7, 11) is -1.71. The number of anilines is 1. The van der Waals surface area contributed by atoms with Gasteiger partial charge in [0.1, 0.15) is 15.7 Å². The van der Waals surface area contributed by atoms with Crippen LogP contribution in [0.3, 0.4) is 0 Å². The second-order valence-electron chi connectivity index (χ2n) is 15.6. The molecule has 274 valence electrons. The maximum absolute atomic E-state index is 14.5. The third-order valence-corrected chi connectivity index (χ3v) is 14.3. The summed E-state index contributed by atoms with van der Waals surface area (Å²) in [5.41, 5.74) is 4.81. The van der Waals surface area contributed by atoms with Gasteiger partial charge in [-0.2, -0.15) is 0 Å². The van der Waals surface area contributed by atoms with Gasteiger partial charge in [0.05, 0.1) is 42.9 Å². The van der Waals surface area contributed by atoms with Crippen LogP contribution in [0.1, 0.15) is 82.0 Å². The monoisotopic (exact) mass is 744 g/mol. The molecule has 3 aromatic rings. The molecule has 1 aromatic heterocycles. The fourth-order valence-corrected chi connectivity index (χ4v) is 11.1. The van der Waals surface area contributed by atoms with E-state index in [0.29, 0.717) is 74.0 Å². The molecule has 3 aliphatic carbocycles. The Morgan fingerprint density at radius 1 is 1.15 bits per heavy atom. The average Bonchev–Trinajstić information content (AvgIpc) is 3.80. The van der Waals surface area contributed by atoms with Crippen LogP contribution in [0.4, 0.5) is 5.69 Å². The number of rotatable bonds is 3. The fourth-order valence-electron chi connectivity index (χ4n) is 9.39. The normalized spacial score (nSPS) is 32.8. The quantitative estimate of drug-likeness (QED) is 0.299. The number of ether oxygens (including phenoxy) is 3.